The third-order valence-corrected chi connectivity index (χ3v) is 2.87. The van der Waals surface area contributed by atoms with Crippen molar-refractivity contribution >= 4 is 11.7 Å². The molecule has 0 amide bonds. The van der Waals surface area contributed by atoms with E-state index in [1.807, 2.05) is 11.0 Å². The van der Waals surface area contributed by atoms with E-state index in [-0.39, 0.29) is 18.3 Å². The number of nitrogens with zero attached hydrogens (tertiary/aromatic N) is 1. The Morgan fingerprint density at radius 2 is 2.40 bits per heavy atom. The third-order valence-electron chi connectivity index (χ3n) is 2.87. The molecule has 0 saturated heterocycles. The molecule has 15 heavy (non-hydrogen) atoms. The van der Waals surface area contributed by atoms with Crippen LogP contribution in [0, 0.1) is 5.82 Å². The molecule has 0 radical (unpaired) electrons. The van der Waals surface area contributed by atoms with Gasteiger partial charge in [0, 0.05) is 24.3 Å². The Labute approximate surface area is 87.1 Å². The normalized spacial score (nSPS) is 19.1. The van der Waals surface area contributed by atoms with Gasteiger partial charge >= 0.3 is 5.97 Å². The van der Waals surface area contributed by atoms with Crippen molar-refractivity contribution in [2.24, 2.45) is 0 Å². The van der Waals surface area contributed by atoms with Crippen LogP contribution in [-0.4, -0.2) is 24.2 Å². The number of carboxylic acid groups (broad SMARTS) is 1. The fourth-order valence-corrected chi connectivity index (χ4v) is 2.06. The molecule has 2 rings (SSSR count). The van der Waals surface area contributed by atoms with Crippen molar-refractivity contribution < 1.29 is 14.3 Å². The molecule has 3 nitrogen and oxygen atoms in total. The number of likely N-dealkylation sites (N-methyl/N-ethyl adjacent to an activating group) is 1. The molecule has 0 spiro atoms. The predicted octanol–water partition coefficient (Wildman–Crippen LogP) is 1.66. The van der Waals surface area contributed by atoms with Gasteiger partial charge < -0.3 is 10.0 Å². The summed E-state index contributed by atoms with van der Waals surface area (Å²) in [6.07, 6.45) is 0.523. The van der Waals surface area contributed by atoms with Gasteiger partial charge in [-0.3, -0.25) is 4.79 Å². The molecular formula is C11H12FNO2. The first kappa shape index (κ1) is 9.96. The van der Waals surface area contributed by atoms with Gasteiger partial charge in [0.15, 0.2) is 0 Å². The molecule has 1 aliphatic heterocycles. The number of hydrogen-bond donors (Lipinski definition) is 1. The third kappa shape index (κ3) is 1.67. The van der Waals surface area contributed by atoms with Crippen LogP contribution in [0.25, 0.3) is 0 Å². The van der Waals surface area contributed by atoms with Gasteiger partial charge in [0.05, 0.1) is 6.42 Å². The number of benzene rings is 1. The summed E-state index contributed by atoms with van der Waals surface area (Å²) in [6, 6.07) is 4.75. The number of halogens is 1. The van der Waals surface area contributed by atoms with Crippen molar-refractivity contribution in [1.82, 2.24) is 0 Å². The van der Waals surface area contributed by atoms with Gasteiger partial charge in [-0.15, -0.1) is 0 Å². The van der Waals surface area contributed by atoms with Crippen LogP contribution >= 0.6 is 0 Å². The molecule has 4 heteroatoms. The Kier molecular flexibility index (Phi) is 2.34. The Morgan fingerprint density at radius 3 is 3.00 bits per heavy atom. The molecule has 1 unspecified atom stereocenters. The minimum atomic E-state index is -0.847. The zero-order chi connectivity index (χ0) is 11.0. The highest BCUT2D eigenvalue weighted by Gasteiger charge is 2.29. The molecule has 1 atom stereocenters. The first-order chi connectivity index (χ1) is 7.09. The van der Waals surface area contributed by atoms with Gasteiger partial charge in [0.2, 0.25) is 0 Å². The lowest BCUT2D eigenvalue weighted by Gasteiger charge is -2.20. The van der Waals surface area contributed by atoms with Gasteiger partial charge in [-0.2, -0.15) is 0 Å². The zero-order valence-corrected chi connectivity index (χ0v) is 8.40. The lowest BCUT2D eigenvalue weighted by molar-refractivity contribution is -0.137. The maximum absolute atomic E-state index is 13.4. The fraction of sp³-hybridized carbons (Fsp3) is 0.364. The maximum Gasteiger partial charge on any atom is 0.305 e. The summed E-state index contributed by atoms with van der Waals surface area (Å²) in [6.45, 7) is 0. The second kappa shape index (κ2) is 3.53. The highest BCUT2D eigenvalue weighted by molar-refractivity contribution is 5.70. The summed E-state index contributed by atoms with van der Waals surface area (Å²) in [5.41, 5.74) is 1.44. The Bertz CT molecular complexity index is 406. The predicted molar refractivity (Wildman–Crippen MR) is 54.5 cm³/mol. The van der Waals surface area contributed by atoms with Crippen molar-refractivity contribution in [3.05, 3.63) is 29.6 Å². The van der Waals surface area contributed by atoms with Crippen LogP contribution in [0.2, 0.25) is 0 Å². The number of rotatable bonds is 2. The summed E-state index contributed by atoms with van der Waals surface area (Å²) < 4.78 is 13.4. The van der Waals surface area contributed by atoms with Gasteiger partial charge in [0.25, 0.3) is 0 Å². The maximum atomic E-state index is 13.4. The molecule has 0 aliphatic carbocycles. The van der Waals surface area contributed by atoms with Crippen LogP contribution in [0.4, 0.5) is 10.1 Å². The molecule has 1 aromatic rings. The van der Waals surface area contributed by atoms with Gasteiger partial charge in [-0.1, -0.05) is 6.07 Å². The van der Waals surface area contributed by atoms with E-state index in [1.165, 1.54) is 6.07 Å². The van der Waals surface area contributed by atoms with Crippen molar-refractivity contribution in [2.45, 2.75) is 18.9 Å². The highest BCUT2D eigenvalue weighted by atomic mass is 19.1. The number of fused-ring (bicyclic) bond motifs is 1. The molecule has 80 valence electrons. The second-order valence-corrected chi connectivity index (χ2v) is 3.80. The van der Waals surface area contributed by atoms with E-state index in [4.69, 9.17) is 5.11 Å². The average Bonchev–Trinajstić information content (AvgIpc) is 2.46. The highest BCUT2D eigenvalue weighted by Crippen LogP contribution is 2.33. The lowest BCUT2D eigenvalue weighted by atomic mass is 10.1. The summed E-state index contributed by atoms with van der Waals surface area (Å²) in [4.78, 5) is 12.5. The minimum absolute atomic E-state index is 0.0462. The number of carboxylic acids is 1. The molecule has 0 aromatic heterocycles. The molecule has 0 fully saturated rings. The first-order valence-electron chi connectivity index (χ1n) is 4.81. The zero-order valence-electron chi connectivity index (χ0n) is 8.40. The lowest BCUT2D eigenvalue weighted by Crippen LogP contribution is -2.30. The van der Waals surface area contributed by atoms with Crippen LogP contribution in [0.1, 0.15) is 12.0 Å². The van der Waals surface area contributed by atoms with E-state index in [0.717, 1.165) is 5.69 Å². The van der Waals surface area contributed by atoms with Gasteiger partial charge in [-0.05, 0) is 18.6 Å². The number of carbonyl (C=O) groups is 1. The van der Waals surface area contributed by atoms with E-state index in [1.54, 1.807) is 13.1 Å². The van der Waals surface area contributed by atoms with E-state index >= 15 is 0 Å². The van der Waals surface area contributed by atoms with Crippen molar-refractivity contribution in [3.8, 4) is 0 Å². The van der Waals surface area contributed by atoms with Crippen LogP contribution < -0.4 is 4.90 Å². The van der Waals surface area contributed by atoms with Crippen LogP contribution in [0.5, 0.6) is 0 Å². The van der Waals surface area contributed by atoms with Crippen LogP contribution in [0.3, 0.4) is 0 Å². The molecule has 1 aliphatic rings. The standard InChI is InChI=1S/C11H12FNO2/c1-13-7(6-11(14)15)5-8-9(12)3-2-4-10(8)13/h2-4,7H,5-6H2,1H3,(H,14,15). The minimum Gasteiger partial charge on any atom is -0.481 e. The molecule has 0 bridgehead atoms. The summed E-state index contributed by atoms with van der Waals surface area (Å²) in [5, 5.41) is 8.72. The largest absolute Gasteiger partial charge is 0.481 e. The molecule has 1 aromatic carbocycles. The SMILES string of the molecule is CN1c2cccc(F)c2CC1CC(=O)O. The van der Waals surface area contributed by atoms with E-state index in [9.17, 15) is 9.18 Å². The molecule has 1 N–H and O–H groups in total. The van der Waals surface area contributed by atoms with Gasteiger partial charge in [-0.25, -0.2) is 4.39 Å². The molecule has 1 heterocycles. The van der Waals surface area contributed by atoms with E-state index in [0.29, 0.717) is 12.0 Å². The number of aliphatic carboxylic acids is 1. The van der Waals surface area contributed by atoms with Crippen molar-refractivity contribution in [2.75, 3.05) is 11.9 Å². The number of hydrogen-bond acceptors (Lipinski definition) is 2. The van der Waals surface area contributed by atoms with E-state index < -0.39 is 5.97 Å². The Hall–Kier alpha value is -1.58. The topological polar surface area (TPSA) is 40.5 Å². The number of anilines is 1. The Balaban J connectivity index is 2.29. The summed E-state index contributed by atoms with van der Waals surface area (Å²) in [7, 11) is 1.80. The fourth-order valence-electron chi connectivity index (χ4n) is 2.06. The van der Waals surface area contributed by atoms with Crippen molar-refractivity contribution in [1.29, 1.82) is 0 Å². The quantitative estimate of drug-likeness (QED) is 0.805. The van der Waals surface area contributed by atoms with Crippen LogP contribution in [-0.2, 0) is 11.2 Å². The van der Waals surface area contributed by atoms with E-state index in [2.05, 4.69) is 0 Å². The molecular weight excluding hydrogens is 197 g/mol. The van der Waals surface area contributed by atoms with Crippen LogP contribution in [0.15, 0.2) is 18.2 Å². The summed E-state index contributed by atoms with van der Waals surface area (Å²) >= 11 is 0. The second-order valence-electron chi connectivity index (χ2n) is 3.80. The smallest absolute Gasteiger partial charge is 0.305 e. The Morgan fingerprint density at radius 1 is 1.67 bits per heavy atom. The molecule has 0 saturated carbocycles. The first-order valence-corrected chi connectivity index (χ1v) is 4.81. The monoisotopic (exact) mass is 209 g/mol. The van der Waals surface area contributed by atoms with Gasteiger partial charge in [0.1, 0.15) is 5.82 Å². The average molecular weight is 209 g/mol. The van der Waals surface area contributed by atoms with Crippen molar-refractivity contribution in [3.63, 3.8) is 0 Å². The summed E-state index contributed by atoms with van der Waals surface area (Å²) in [5.74, 6) is -1.09.